The minimum atomic E-state index is 0.361. The Morgan fingerprint density at radius 2 is 2.38 bits per heavy atom. The summed E-state index contributed by atoms with van der Waals surface area (Å²) in [5.41, 5.74) is 7.75. The summed E-state index contributed by atoms with van der Waals surface area (Å²) in [4.78, 5) is 4.23. The Balaban J connectivity index is 2.22. The minimum Gasteiger partial charge on any atom is -0.326 e. The van der Waals surface area contributed by atoms with Crippen molar-refractivity contribution in [3.05, 3.63) is 35.1 Å². The third kappa shape index (κ3) is 2.63. The van der Waals surface area contributed by atoms with Gasteiger partial charge in [-0.05, 0) is 24.5 Å². The highest BCUT2D eigenvalue weighted by Gasteiger charge is 2.17. The van der Waals surface area contributed by atoms with E-state index in [1.807, 2.05) is 6.07 Å². The maximum absolute atomic E-state index is 6.09. The van der Waals surface area contributed by atoms with E-state index in [2.05, 4.69) is 23.4 Å². The van der Waals surface area contributed by atoms with Crippen LogP contribution in [0.4, 0.5) is 0 Å². The first-order valence-corrected chi connectivity index (χ1v) is 5.64. The number of nitrogens with two attached hydrogens (primary N) is 1. The van der Waals surface area contributed by atoms with Crippen LogP contribution in [0.5, 0.6) is 0 Å². The Hall–Kier alpha value is -1.30. The Kier molecular flexibility index (Phi) is 3.28. The van der Waals surface area contributed by atoms with Crippen LogP contribution in [-0.2, 0) is 0 Å². The van der Waals surface area contributed by atoms with E-state index < -0.39 is 0 Å². The van der Waals surface area contributed by atoms with Crippen molar-refractivity contribution in [2.75, 3.05) is 6.54 Å². The molecule has 16 heavy (non-hydrogen) atoms. The van der Waals surface area contributed by atoms with Crippen LogP contribution in [0.2, 0.25) is 5.02 Å². The maximum atomic E-state index is 6.09. The van der Waals surface area contributed by atoms with Gasteiger partial charge in [-0.25, -0.2) is 0 Å². The molecule has 3 heteroatoms. The van der Waals surface area contributed by atoms with E-state index in [1.165, 1.54) is 12.8 Å². The summed E-state index contributed by atoms with van der Waals surface area (Å²) in [6.45, 7) is 4.17. The van der Waals surface area contributed by atoms with E-state index in [4.69, 9.17) is 17.3 Å². The highest BCUT2D eigenvalue weighted by atomic mass is 35.5. The lowest BCUT2D eigenvalue weighted by atomic mass is 10.1. The largest absolute Gasteiger partial charge is 0.326 e. The standard InChI is InChI=1S/C13H13ClN2/c1-9(7-15)13-12(14)6-11(8-16-13)5-4-10-2-3-10/h6,8,10H,1-3,7,15H2. The average molecular weight is 233 g/mol. The maximum Gasteiger partial charge on any atom is 0.0855 e. The SMILES string of the molecule is C=C(CN)c1ncc(C#CC2CC2)cc1Cl. The molecule has 2 rings (SSSR count). The van der Waals surface area contributed by atoms with Crippen molar-refractivity contribution < 1.29 is 0 Å². The van der Waals surface area contributed by atoms with Crippen molar-refractivity contribution in [2.45, 2.75) is 12.8 Å². The van der Waals surface area contributed by atoms with Crippen molar-refractivity contribution >= 4 is 17.2 Å². The fraction of sp³-hybridized carbons (Fsp3) is 0.308. The molecule has 0 unspecified atom stereocenters. The summed E-state index contributed by atoms with van der Waals surface area (Å²) in [6, 6.07) is 1.82. The average Bonchev–Trinajstić information content (AvgIpc) is 3.09. The summed E-state index contributed by atoms with van der Waals surface area (Å²) < 4.78 is 0. The summed E-state index contributed by atoms with van der Waals surface area (Å²) in [7, 11) is 0. The molecule has 1 aliphatic rings. The van der Waals surface area contributed by atoms with Gasteiger partial charge in [0.15, 0.2) is 0 Å². The molecule has 1 saturated carbocycles. The molecule has 0 aromatic carbocycles. The molecule has 0 bridgehead atoms. The second kappa shape index (κ2) is 4.69. The van der Waals surface area contributed by atoms with Crippen LogP contribution < -0.4 is 5.73 Å². The van der Waals surface area contributed by atoms with E-state index in [-0.39, 0.29) is 0 Å². The molecular formula is C13H13ClN2. The van der Waals surface area contributed by atoms with Gasteiger partial charge in [-0.2, -0.15) is 0 Å². The second-order valence-corrected chi connectivity index (χ2v) is 4.31. The molecule has 82 valence electrons. The van der Waals surface area contributed by atoms with Gasteiger partial charge in [0.1, 0.15) is 0 Å². The molecule has 0 saturated heterocycles. The molecule has 1 fully saturated rings. The third-order valence-electron chi connectivity index (χ3n) is 2.42. The van der Waals surface area contributed by atoms with Crippen molar-refractivity contribution in [1.82, 2.24) is 4.98 Å². The zero-order valence-corrected chi connectivity index (χ0v) is 9.72. The van der Waals surface area contributed by atoms with E-state index in [0.717, 1.165) is 11.1 Å². The third-order valence-corrected chi connectivity index (χ3v) is 2.71. The van der Waals surface area contributed by atoms with Crippen LogP contribution in [-0.4, -0.2) is 11.5 Å². The molecule has 0 amide bonds. The highest BCUT2D eigenvalue weighted by Crippen LogP contribution is 2.27. The van der Waals surface area contributed by atoms with Gasteiger partial charge in [-0.1, -0.05) is 30.0 Å². The zero-order chi connectivity index (χ0) is 11.5. The lowest BCUT2D eigenvalue weighted by Gasteiger charge is -2.04. The summed E-state index contributed by atoms with van der Waals surface area (Å²) in [6.07, 6.45) is 4.16. The van der Waals surface area contributed by atoms with Gasteiger partial charge < -0.3 is 5.73 Å². The van der Waals surface area contributed by atoms with Crippen LogP contribution in [0.3, 0.4) is 0 Å². The quantitative estimate of drug-likeness (QED) is 0.796. The van der Waals surface area contributed by atoms with Gasteiger partial charge in [0.25, 0.3) is 0 Å². The first-order valence-electron chi connectivity index (χ1n) is 5.26. The molecule has 1 aromatic rings. The van der Waals surface area contributed by atoms with E-state index in [0.29, 0.717) is 23.2 Å². The number of nitrogens with zero attached hydrogens (tertiary/aromatic N) is 1. The molecule has 0 spiro atoms. The van der Waals surface area contributed by atoms with Gasteiger partial charge in [-0.3, -0.25) is 4.98 Å². The lowest BCUT2D eigenvalue weighted by Crippen LogP contribution is -2.03. The fourth-order valence-electron chi connectivity index (χ4n) is 1.28. The number of halogens is 1. The molecule has 2 N–H and O–H groups in total. The van der Waals surface area contributed by atoms with Crippen LogP contribution in [0.25, 0.3) is 5.57 Å². The van der Waals surface area contributed by atoms with Gasteiger partial charge in [0.05, 0.1) is 10.7 Å². The number of hydrogen-bond acceptors (Lipinski definition) is 2. The summed E-state index contributed by atoms with van der Waals surface area (Å²) in [5, 5.41) is 0.568. The van der Waals surface area contributed by atoms with Gasteiger partial charge >= 0.3 is 0 Å². The molecule has 1 aromatic heterocycles. The molecule has 0 radical (unpaired) electrons. The van der Waals surface area contributed by atoms with Crippen LogP contribution >= 0.6 is 11.6 Å². The Bertz CT molecular complexity index is 478. The zero-order valence-electron chi connectivity index (χ0n) is 8.96. The Morgan fingerprint density at radius 1 is 1.62 bits per heavy atom. The number of hydrogen-bond donors (Lipinski definition) is 1. The van der Waals surface area contributed by atoms with Gasteiger partial charge in [0, 0.05) is 24.2 Å². The van der Waals surface area contributed by atoms with Crippen molar-refractivity contribution in [1.29, 1.82) is 0 Å². The molecule has 0 aliphatic heterocycles. The van der Waals surface area contributed by atoms with Crippen LogP contribution in [0.1, 0.15) is 24.1 Å². The number of rotatable bonds is 2. The fourth-order valence-corrected chi connectivity index (χ4v) is 1.58. The van der Waals surface area contributed by atoms with Crippen LogP contribution in [0.15, 0.2) is 18.8 Å². The van der Waals surface area contributed by atoms with E-state index >= 15 is 0 Å². The molecule has 0 atom stereocenters. The predicted molar refractivity (Wildman–Crippen MR) is 66.9 cm³/mol. The lowest BCUT2D eigenvalue weighted by molar-refractivity contribution is 1.17. The van der Waals surface area contributed by atoms with Gasteiger partial charge in [0.2, 0.25) is 0 Å². The predicted octanol–water partition coefficient (Wildman–Crippen LogP) is 2.47. The first kappa shape index (κ1) is 11.2. The monoisotopic (exact) mass is 232 g/mol. The smallest absolute Gasteiger partial charge is 0.0855 e. The molecule has 1 aliphatic carbocycles. The normalized spacial score (nSPS) is 14.1. The van der Waals surface area contributed by atoms with Gasteiger partial charge in [-0.15, -0.1) is 0 Å². The topological polar surface area (TPSA) is 38.9 Å². The highest BCUT2D eigenvalue weighted by molar-refractivity contribution is 6.32. The van der Waals surface area contributed by atoms with E-state index in [1.54, 1.807) is 6.20 Å². The van der Waals surface area contributed by atoms with Crippen molar-refractivity contribution in [2.24, 2.45) is 11.7 Å². The second-order valence-electron chi connectivity index (χ2n) is 3.91. The summed E-state index contributed by atoms with van der Waals surface area (Å²) >= 11 is 6.09. The Labute approximate surface area is 101 Å². The van der Waals surface area contributed by atoms with Crippen molar-refractivity contribution in [3.8, 4) is 11.8 Å². The van der Waals surface area contributed by atoms with E-state index in [9.17, 15) is 0 Å². The van der Waals surface area contributed by atoms with Crippen molar-refractivity contribution in [3.63, 3.8) is 0 Å². The molecular weight excluding hydrogens is 220 g/mol. The van der Waals surface area contributed by atoms with Crippen LogP contribution in [0, 0.1) is 17.8 Å². The first-order chi connectivity index (χ1) is 7.70. The molecule has 2 nitrogen and oxygen atoms in total. The number of aromatic nitrogens is 1. The molecule has 1 heterocycles. The summed E-state index contributed by atoms with van der Waals surface area (Å²) in [5.74, 6) is 6.82. The Morgan fingerprint density at radius 3 is 2.94 bits per heavy atom. The minimum absolute atomic E-state index is 0.361. The number of pyridine rings is 1.